The summed E-state index contributed by atoms with van der Waals surface area (Å²) in [7, 11) is 1.64. The van der Waals surface area contributed by atoms with Crippen LogP contribution >= 0.6 is 0 Å². The van der Waals surface area contributed by atoms with Crippen LogP contribution in [0.2, 0.25) is 0 Å². The number of nitrogens with zero attached hydrogens (tertiary/aromatic N) is 1. The molecule has 0 aliphatic heterocycles. The summed E-state index contributed by atoms with van der Waals surface area (Å²) in [6, 6.07) is 7.37. The minimum absolute atomic E-state index is 0.315. The quantitative estimate of drug-likeness (QED) is 0.820. The third kappa shape index (κ3) is 3.33. The highest BCUT2D eigenvalue weighted by molar-refractivity contribution is 5.65. The first-order chi connectivity index (χ1) is 9.76. The van der Waals surface area contributed by atoms with Gasteiger partial charge in [0.1, 0.15) is 11.6 Å². The summed E-state index contributed by atoms with van der Waals surface area (Å²) in [6.07, 6.45) is 3.90. The Morgan fingerprint density at radius 2 is 2.15 bits per heavy atom. The van der Waals surface area contributed by atoms with E-state index in [0.717, 1.165) is 29.8 Å². The van der Waals surface area contributed by atoms with Crippen LogP contribution in [0.3, 0.4) is 0 Å². The van der Waals surface area contributed by atoms with Gasteiger partial charge in [-0.25, -0.2) is 4.39 Å². The van der Waals surface area contributed by atoms with Gasteiger partial charge in [0.25, 0.3) is 0 Å². The lowest BCUT2D eigenvalue weighted by Crippen LogP contribution is -2.14. The number of halogens is 1. The summed E-state index contributed by atoms with van der Waals surface area (Å²) in [6.45, 7) is 3.77. The van der Waals surface area contributed by atoms with E-state index < -0.39 is 0 Å². The monoisotopic (exact) mass is 274 g/mol. The van der Waals surface area contributed by atoms with Crippen molar-refractivity contribution in [2.24, 2.45) is 0 Å². The molecule has 0 spiro atoms. The van der Waals surface area contributed by atoms with Gasteiger partial charge in [-0.1, -0.05) is 13.0 Å². The van der Waals surface area contributed by atoms with Crippen molar-refractivity contribution in [3.8, 4) is 16.9 Å². The molecule has 0 amide bonds. The lowest BCUT2D eigenvalue weighted by atomic mass is 10.0. The number of methoxy groups -OCH3 is 1. The zero-order valence-corrected chi connectivity index (χ0v) is 11.8. The Bertz CT molecular complexity index is 572. The van der Waals surface area contributed by atoms with Crippen LogP contribution in [-0.2, 0) is 6.54 Å². The highest BCUT2D eigenvalue weighted by Gasteiger charge is 2.09. The van der Waals surface area contributed by atoms with Crippen LogP contribution in [0.15, 0.2) is 36.7 Å². The van der Waals surface area contributed by atoms with E-state index in [9.17, 15) is 4.39 Å². The van der Waals surface area contributed by atoms with Gasteiger partial charge in [0, 0.05) is 23.9 Å². The molecule has 0 aliphatic carbocycles. The Labute approximate surface area is 118 Å². The minimum Gasteiger partial charge on any atom is -0.496 e. The molecule has 4 heteroatoms. The zero-order valence-electron chi connectivity index (χ0n) is 11.8. The highest BCUT2D eigenvalue weighted by Crippen LogP contribution is 2.27. The number of hydrogen-bond donors (Lipinski definition) is 1. The second-order valence-electron chi connectivity index (χ2n) is 4.56. The molecule has 0 saturated heterocycles. The van der Waals surface area contributed by atoms with Crippen LogP contribution in [-0.4, -0.2) is 18.6 Å². The first-order valence-electron chi connectivity index (χ1n) is 6.73. The largest absolute Gasteiger partial charge is 0.496 e. The number of nitrogens with one attached hydrogen (secondary N) is 1. The van der Waals surface area contributed by atoms with Gasteiger partial charge >= 0.3 is 0 Å². The maximum Gasteiger partial charge on any atom is 0.149 e. The van der Waals surface area contributed by atoms with Crippen LogP contribution < -0.4 is 10.1 Å². The number of hydrogen-bond acceptors (Lipinski definition) is 3. The summed E-state index contributed by atoms with van der Waals surface area (Å²) in [5.41, 5.74) is 2.41. The van der Waals surface area contributed by atoms with Crippen LogP contribution in [0.1, 0.15) is 18.9 Å². The van der Waals surface area contributed by atoms with Crippen LogP contribution in [0.5, 0.6) is 5.75 Å². The van der Waals surface area contributed by atoms with Crippen molar-refractivity contribution in [2.75, 3.05) is 13.7 Å². The topological polar surface area (TPSA) is 34.2 Å². The Morgan fingerprint density at radius 3 is 2.85 bits per heavy atom. The average molecular weight is 274 g/mol. The van der Waals surface area contributed by atoms with E-state index >= 15 is 0 Å². The molecule has 1 N–H and O–H groups in total. The van der Waals surface area contributed by atoms with Gasteiger partial charge in [-0.3, -0.25) is 4.98 Å². The minimum atomic E-state index is -0.315. The predicted molar refractivity (Wildman–Crippen MR) is 78.2 cm³/mol. The molecule has 0 unspecified atom stereocenters. The van der Waals surface area contributed by atoms with Crippen molar-refractivity contribution >= 4 is 0 Å². The van der Waals surface area contributed by atoms with Gasteiger partial charge in [0.2, 0.25) is 0 Å². The highest BCUT2D eigenvalue weighted by atomic mass is 19.1. The van der Waals surface area contributed by atoms with Crippen LogP contribution in [0.25, 0.3) is 11.1 Å². The maximum absolute atomic E-state index is 13.8. The number of benzene rings is 1. The average Bonchev–Trinajstić information content (AvgIpc) is 2.48. The molecule has 1 aromatic heterocycles. The summed E-state index contributed by atoms with van der Waals surface area (Å²) in [4.78, 5) is 3.78. The molecule has 2 aromatic rings. The summed E-state index contributed by atoms with van der Waals surface area (Å²) in [5, 5.41) is 3.33. The Hall–Kier alpha value is -1.94. The summed E-state index contributed by atoms with van der Waals surface area (Å²) in [5.74, 6) is 0.497. The molecule has 0 atom stereocenters. The predicted octanol–water partition coefficient (Wildman–Crippen LogP) is 3.40. The Kier molecular flexibility index (Phi) is 5.07. The van der Waals surface area contributed by atoms with E-state index in [1.54, 1.807) is 19.4 Å². The third-order valence-electron chi connectivity index (χ3n) is 3.11. The normalized spacial score (nSPS) is 10.6. The van der Waals surface area contributed by atoms with Crippen molar-refractivity contribution in [3.63, 3.8) is 0 Å². The van der Waals surface area contributed by atoms with Crippen molar-refractivity contribution in [3.05, 3.63) is 48.0 Å². The van der Waals surface area contributed by atoms with E-state index in [-0.39, 0.29) is 5.82 Å². The molecule has 1 heterocycles. The number of pyridine rings is 1. The lowest BCUT2D eigenvalue weighted by Gasteiger charge is -2.12. The molecule has 1 aromatic carbocycles. The molecular weight excluding hydrogens is 255 g/mol. The van der Waals surface area contributed by atoms with Gasteiger partial charge in [-0.05, 0) is 36.7 Å². The van der Waals surface area contributed by atoms with E-state index in [1.807, 2.05) is 18.2 Å². The third-order valence-corrected chi connectivity index (χ3v) is 3.11. The molecule has 0 fully saturated rings. The van der Waals surface area contributed by atoms with Gasteiger partial charge in [-0.2, -0.15) is 0 Å². The van der Waals surface area contributed by atoms with Crippen LogP contribution in [0, 0.1) is 5.82 Å². The van der Waals surface area contributed by atoms with Crippen molar-refractivity contribution < 1.29 is 9.13 Å². The lowest BCUT2D eigenvalue weighted by molar-refractivity contribution is 0.408. The van der Waals surface area contributed by atoms with Gasteiger partial charge in [0.05, 0.1) is 13.3 Å². The molecule has 0 radical (unpaired) electrons. The van der Waals surface area contributed by atoms with Gasteiger partial charge in [-0.15, -0.1) is 0 Å². The van der Waals surface area contributed by atoms with E-state index in [4.69, 9.17) is 4.74 Å². The molecule has 0 saturated carbocycles. The standard InChI is InChI=1S/C16H19FN2O/c1-3-7-18-10-13-9-12(4-5-16(13)20-2)14-6-8-19-11-15(14)17/h4-6,8-9,11,18H,3,7,10H2,1-2H3. The first kappa shape index (κ1) is 14.5. The second-order valence-corrected chi connectivity index (χ2v) is 4.56. The molecule has 20 heavy (non-hydrogen) atoms. The van der Waals surface area contributed by atoms with Crippen LogP contribution in [0.4, 0.5) is 4.39 Å². The van der Waals surface area contributed by atoms with E-state index in [1.165, 1.54) is 6.20 Å². The zero-order chi connectivity index (χ0) is 14.4. The summed E-state index contributed by atoms with van der Waals surface area (Å²) < 4.78 is 19.1. The molecule has 2 rings (SSSR count). The maximum atomic E-state index is 13.8. The summed E-state index contributed by atoms with van der Waals surface area (Å²) >= 11 is 0. The molecule has 106 valence electrons. The molecule has 0 bridgehead atoms. The second kappa shape index (κ2) is 7.01. The van der Waals surface area contributed by atoms with Crippen molar-refractivity contribution in [2.45, 2.75) is 19.9 Å². The molecule has 0 aliphatic rings. The SMILES string of the molecule is CCCNCc1cc(-c2ccncc2F)ccc1OC. The van der Waals surface area contributed by atoms with Gasteiger partial charge < -0.3 is 10.1 Å². The number of ether oxygens (including phenoxy) is 1. The van der Waals surface area contributed by atoms with Gasteiger partial charge in [0.15, 0.2) is 0 Å². The fourth-order valence-electron chi connectivity index (χ4n) is 2.09. The Balaban J connectivity index is 2.31. The van der Waals surface area contributed by atoms with Crippen molar-refractivity contribution in [1.82, 2.24) is 10.3 Å². The number of aromatic nitrogens is 1. The smallest absolute Gasteiger partial charge is 0.149 e. The van der Waals surface area contributed by atoms with Crippen molar-refractivity contribution in [1.29, 1.82) is 0 Å². The fourth-order valence-corrected chi connectivity index (χ4v) is 2.09. The number of rotatable bonds is 6. The molecule has 3 nitrogen and oxygen atoms in total. The fraction of sp³-hybridized carbons (Fsp3) is 0.312. The molecular formula is C16H19FN2O. The van der Waals surface area contributed by atoms with E-state index in [2.05, 4.69) is 17.2 Å². The first-order valence-corrected chi connectivity index (χ1v) is 6.73. The van der Waals surface area contributed by atoms with E-state index in [0.29, 0.717) is 12.1 Å². The Morgan fingerprint density at radius 1 is 1.30 bits per heavy atom.